The second-order valence-electron chi connectivity index (χ2n) is 3.81. The quantitative estimate of drug-likeness (QED) is 0.774. The zero-order valence-corrected chi connectivity index (χ0v) is 9.85. The minimum absolute atomic E-state index is 0.791. The maximum absolute atomic E-state index is 5.11. The molecule has 4 nitrogen and oxygen atoms in total. The monoisotopic (exact) mass is 232 g/mol. The Kier molecular flexibility index (Phi) is 4.16. The normalized spacial score (nSPS) is 10.4. The van der Waals surface area contributed by atoms with E-state index in [1.165, 1.54) is 5.56 Å². The van der Waals surface area contributed by atoms with E-state index in [1.54, 1.807) is 19.6 Å². The van der Waals surface area contributed by atoms with Crippen molar-refractivity contribution >= 4 is 0 Å². The van der Waals surface area contributed by atoms with Crippen LogP contribution >= 0.6 is 0 Å². The minimum Gasteiger partial charge on any atom is -0.497 e. The molecule has 1 N–H and O–H groups in total. The molecule has 0 spiro atoms. The van der Waals surface area contributed by atoms with Gasteiger partial charge in [0.05, 0.1) is 13.3 Å². The molecule has 1 aromatic heterocycles. The predicted octanol–water partition coefficient (Wildman–Crippen LogP) is 2.02. The lowest BCUT2D eigenvalue weighted by atomic mass is 10.1. The molecule has 0 saturated heterocycles. The Balaban J connectivity index is 1.70. The number of aromatic nitrogens is 1. The van der Waals surface area contributed by atoms with Gasteiger partial charge in [0.1, 0.15) is 12.0 Å². The summed E-state index contributed by atoms with van der Waals surface area (Å²) in [4.78, 5) is 0. The topological polar surface area (TPSA) is 47.3 Å². The summed E-state index contributed by atoms with van der Waals surface area (Å²) in [6.45, 7) is 1.72. The first-order valence-corrected chi connectivity index (χ1v) is 5.60. The van der Waals surface area contributed by atoms with Crippen LogP contribution in [0.3, 0.4) is 0 Å². The Morgan fingerprint density at radius 2 is 2.06 bits per heavy atom. The molecule has 2 aromatic rings. The number of benzene rings is 1. The lowest BCUT2D eigenvalue weighted by molar-refractivity contribution is 0.414. The van der Waals surface area contributed by atoms with E-state index in [0.29, 0.717) is 0 Å². The fraction of sp³-hybridized carbons (Fsp3) is 0.308. The van der Waals surface area contributed by atoms with Crippen LogP contribution in [-0.4, -0.2) is 18.8 Å². The molecule has 0 amide bonds. The fourth-order valence-electron chi connectivity index (χ4n) is 1.57. The summed E-state index contributed by atoms with van der Waals surface area (Å²) in [7, 11) is 1.68. The highest BCUT2D eigenvalue weighted by Gasteiger charge is 1.96. The number of ether oxygens (including phenoxy) is 1. The second-order valence-corrected chi connectivity index (χ2v) is 3.81. The number of hydrogen-bond acceptors (Lipinski definition) is 4. The number of nitrogens with one attached hydrogen (secondary N) is 1. The van der Waals surface area contributed by atoms with Crippen molar-refractivity contribution in [1.29, 1.82) is 0 Å². The summed E-state index contributed by atoms with van der Waals surface area (Å²) in [6.07, 6.45) is 4.37. The van der Waals surface area contributed by atoms with Gasteiger partial charge in [-0.15, -0.1) is 0 Å². The van der Waals surface area contributed by atoms with Crippen LogP contribution in [0.5, 0.6) is 5.75 Å². The highest BCUT2D eigenvalue weighted by Crippen LogP contribution is 2.11. The smallest absolute Gasteiger partial charge is 0.128 e. The number of rotatable bonds is 6. The molecule has 0 fully saturated rings. The maximum atomic E-state index is 5.11. The molecule has 0 unspecified atom stereocenters. The van der Waals surface area contributed by atoms with Crippen LogP contribution < -0.4 is 10.1 Å². The van der Waals surface area contributed by atoms with Crippen LogP contribution in [0.25, 0.3) is 0 Å². The predicted molar refractivity (Wildman–Crippen MR) is 64.9 cm³/mol. The molecule has 2 rings (SSSR count). The molecule has 1 heterocycles. The fourth-order valence-corrected chi connectivity index (χ4v) is 1.57. The lowest BCUT2D eigenvalue weighted by Gasteiger charge is -2.04. The van der Waals surface area contributed by atoms with Gasteiger partial charge in [-0.1, -0.05) is 17.3 Å². The summed E-state index contributed by atoms with van der Waals surface area (Å²) in [5.74, 6) is 0.895. The van der Waals surface area contributed by atoms with E-state index >= 15 is 0 Å². The van der Waals surface area contributed by atoms with Crippen LogP contribution in [0.15, 0.2) is 41.2 Å². The highest BCUT2D eigenvalue weighted by atomic mass is 16.5. The van der Waals surface area contributed by atoms with E-state index in [0.717, 1.165) is 30.8 Å². The Hall–Kier alpha value is -1.81. The maximum Gasteiger partial charge on any atom is 0.128 e. The van der Waals surface area contributed by atoms with Gasteiger partial charge in [-0.3, -0.25) is 0 Å². The van der Waals surface area contributed by atoms with Crippen molar-refractivity contribution in [1.82, 2.24) is 10.5 Å². The molecule has 0 bridgehead atoms. The Morgan fingerprint density at radius 1 is 1.24 bits per heavy atom. The third-order valence-corrected chi connectivity index (χ3v) is 2.56. The van der Waals surface area contributed by atoms with Gasteiger partial charge < -0.3 is 14.6 Å². The van der Waals surface area contributed by atoms with Crippen molar-refractivity contribution in [2.24, 2.45) is 0 Å². The summed E-state index contributed by atoms with van der Waals surface area (Å²) < 4.78 is 9.86. The van der Waals surface area contributed by atoms with E-state index in [9.17, 15) is 0 Å². The summed E-state index contributed by atoms with van der Waals surface area (Å²) in [5.41, 5.74) is 2.36. The van der Waals surface area contributed by atoms with Gasteiger partial charge in [-0.05, 0) is 30.7 Å². The van der Waals surface area contributed by atoms with Crippen molar-refractivity contribution in [3.05, 3.63) is 47.9 Å². The van der Waals surface area contributed by atoms with Crippen LogP contribution in [0.1, 0.15) is 11.1 Å². The van der Waals surface area contributed by atoms with Crippen molar-refractivity contribution in [2.75, 3.05) is 13.7 Å². The van der Waals surface area contributed by atoms with E-state index in [4.69, 9.17) is 9.26 Å². The molecule has 17 heavy (non-hydrogen) atoms. The first-order chi connectivity index (χ1) is 8.38. The third kappa shape index (κ3) is 3.60. The van der Waals surface area contributed by atoms with Gasteiger partial charge in [-0.25, -0.2) is 0 Å². The van der Waals surface area contributed by atoms with Crippen molar-refractivity contribution in [3.63, 3.8) is 0 Å². The number of hydrogen-bond donors (Lipinski definition) is 1. The molecular weight excluding hydrogens is 216 g/mol. The number of nitrogens with zero attached hydrogens (tertiary/aromatic N) is 1. The van der Waals surface area contributed by atoms with E-state index in [1.807, 2.05) is 12.1 Å². The minimum atomic E-state index is 0.791. The Morgan fingerprint density at radius 3 is 2.71 bits per heavy atom. The average molecular weight is 232 g/mol. The zero-order valence-electron chi connectivity index (χ0n) is 9.85. The van der Waals surface area contributed by atoms with Gasteiger partial charge in [0, 0.05) is 12.1 Å². The third-order valence-electron chi connectivity index (χ3n) is 2.56. The highest BCUT2D eigenvalue weighted by molar-refractivity contribution is 5.27. The molecule has 0 aliphatic rings. The van der Waals surface area contributed by atoms with Crippen molar-refractivity contribution < 1.29 is 9.26 Å². The van der Waals surface area contributed by atoms with Crippen LogP contribution in [-0.2, 0) is 13.0 Å². The van der Waals surface area contributed by atoms with Gasteiger partial charge >= 0.3 is 0 Å². The Labute approximate surface area is 101 Å². The Bertz CT molecular complexity index is 423. The largest absolute Gasteiger partial charge is 0.497 e. The average Bonchev–Trinajstić information content (AvgIpc) is 2.88. The molecule has 0 radical (unpaired) electrons. The standard InChI is InChI=1S/C13H16N2O2/c1-16-13-4-2-11(3-5-13)6-7-14-8-12-9-15-17-10-12/h2-5,9-10,14H,6-8H2,1H3. The van der Waals surface area contributed by atoms with Crippen LogP contribution in [0.4, 0.5) is 0 Å². The van der Waals surface area contributed by atoms with E-state index < -0.39 is 0 Å². The van der Waals surface area contributed by atoms with Crippen LogP contribution in [0, 0.1) is 0 Å². The number of methoxy groups -OCH3 is 1. The second kappa shape index (κ2) is 6.06. The molecular formula is C13H16N2O2. The molecule has 90 valence electrons. The van der Waals surface area contributed by atoms with Gasteiger partial charge in [0.15, 0.2) is 0 Å². The molecule has 4 heteroatoms. The van der Waals surface area contributed by atoms with Gasteiger partial charge in [-0.2, -0.15) is 0 Å². The summed E-state index contributed by atoms with van der Waals surface area (Å²) in [6, 6.07) is 8.13. The van der Waals surface area contributed by atoms with Gasteiger partial charge in [0.25, 0.3) is 0 Å². The van der Waals surface area contributed by atoms with Crippen molar-refractivity contribution in [3.8, 4) is 5.75 Å². The van der Waals surface area contributed by atoms with E-state index in [-0.39, 0.29) is 0 Å². The molecule has 0 aliphatic heterocycles. The molecule has 0 aliphatic carbocycles. The first kappa shape index (κ1) is 11.7. The van der Waals surface area contributed by atoms with Crippen molar-refractivity contribution in [2.45, 2.75) is 13.0 Å². The van der Waals surface area contributed by atoms with Crippen LogP contribution in [0.2, 0.25) is 0 Å². The SMILES string of the molecule is COc1ccc(CCNCc2cnoc2)cc1. The summed E-state index contributed by atoms with van der Waals surface area (Å²) in [5, 5.41) is 6.98. The zero-order chi connectivity index (χ0) is 11.9. The molecule has 0 saturated carbocycles. The molecule has 0 atom stereocenters. The van der Waals surface area contributed by atoms with Gasteiger partial charge in [0.2, 0.25) is 0 Å². The first-order valence-electron chi connectivity index (χ1n) is 5.60. The van der Waals surface area contributed by atoms with E-state index in [2.05, 4.69) is 22.6 Å². The lowest BCUT2D eigenvalue weighted by Crippen LogP contribution is -2.16. The summed E-state index contributed by atoms with van der Waals surface area (Å²) >= 11 is 0. The molecule has 1 aromatic carbocycles.